The first kappa shape index (κ1) is 17.2. The van der Waals surface area contributed by atoms with E-state index in [1.54, 1.807) is 47.3 Å². The number of nitrogens with zero attached hydrogens (tertiary/aromatic N) is 3. The molecule has 0 unspecified atom stereocenters. The van der Waals surface area contributed by atoms with Crippen LogP contribution in [0.3, 0.4) is 0 Å². The summed E-state index contributed by atoms with van der Waals surface area (Å²) in [5.74, 6) is -0.149. The number of hydrogen-bond donors (Lipinski definition) is 0. The SMILES string of the molecule is CO[C@@H]1CN(C(=O)Cn2cccn2)C[C@]12C[C@H](c1cccc(F)c1)CO2. The van der Waals surface area contributed by atoms with Crippen molar-refractivity contribution in [3.8, 4) is 0 Å². The highest BCUT2D eigenvalue weighted by atomic mass is 19.1. The van der Waals surface area contributed by atoms with E-state index < -0.39 is 5.60 Å². The molecule has 2 aromatic rings. The summed E-state index contributed by atoms with van der Waals surface area (Å²) in [4.78, 5) is 14.4. The van der Waals surface area contributed by atoms with E-state index in [0.29, 0.717) is 26.1 Å². The molecule has 26 heavy (non-hydrogen) atoms. The number of carbonyl (C=O) groups excluding carboxylic acids is 1. The predicted octanol–water partition coefficient (Wildman–Crippen LogP) is 1.82. The fraction of sp³-hybridized carbons (Fsp3) is 0.474. The minimum atomic E-state index is -0.536. The third-order valence-electron chi connectivity index (χ3n) is 5.41. The number of hydrogen-bond acceptors (Lipinski definition) is 4. The van der Waals surface area contributed by atoms with E-state index in [2.05, 4.69) is 5.10 Å². The van der Waals surface area contributed by atoms with Gasteiger partial charge < -0.3 is 14.4 Å². The molecular formula is C19H22FN3O3. The maximum atomic E-state index is 13.6. The third kappa shape index (κ3) is 3.12. The highest BCUT2D eigenvalue weighted by Gasteiger charge is 2.54. The van der Waals surface area contributed by atoms with Gasteiger partial charge >= 0.3 is 0 Å². The quantitative estimate of drug-likeness (QED) is 0.836. The van der Waals surface area contributed by atoms with E-state index in [4.69, 9.17) is 9.47 Å². The lowest BCUT2D eigenvalue weighted by Crippen LogP contribution is -2.42. The second-order valence-corrected chi connectivity index (χ2v) is 7.03. The maximum Gasteiger partial charge on any atom is 0.244 e. The van der Waals surface area contributed by atoms with Crippen LogP contribution in [0.2, 0.25) is 0 Å². The number of benzene rings is 1. The predicted molar refractivity (Wildman–Crippen MR) is 92.0 cm³/mol. The normalized spacial score (nSPS) is 28.2. The Balaban J connectivity index is 1.48. The highest BCUT2D eigenvalue weighted by molar-refractivity contribution is 5.76. The first-order valence-corrected chi connectivity index (χ1v) is 8.77. The van der Waals surface area contributed by atoms with Gasteiger partial charge in [0.2, 0.25) is 5.91 Å². The standard InChI is InChI=1S/C19H22FN3O3/c1-25-17-10-22(18(24)11-23-7-3-6-21-23)13-19(17)9-15(12-26-19)14-4-2-5-16(20)8-14/h2-8,15,17H,9-13H2,1H3/t15-,17+,19+/m0/s1. The van der Waals surface area contributed by atoms with Crippen LogP contribution >= 0.6 is 0 Å². The number of methoxy groups -OCH3 is 1. The van der Waals surface area contributed by atoms with Crippen LogP contribution in [0.5, 0.6) is 0 Å². The molecule has 1 aromatic carbocycles. The molecule has 2 saturated heterocycles. The smallest absolute Gasteiger partial charge is 0.244 e. The van der Waals surface area contributed by atoms with Crippen molar-refractivity contribution in [2.45, 2.75) is 30.6 Å². The van der Waals surface area contributed by atoms with Crippen molar-refractivity contribution >= 4 is 5.91 Å². The molecule has 3 heterocycles. The summed E-state index contributed by atoms with van der Waals surface area (Å²) >= 11 is 0. The molecule has 138 valence electrons. The molecule has 0 bridgehead atoms. The molecule has 0 saturated carbocycles. The van der Waals surface area contributed by atoms with Crippen LogP contribution in [0.1, 0.15) is 17.9 Å². The van der Waals surface area contributed by atoms with Gasteiger partial charge in [0.1, 0.15) is 24.1 Å². The molecule has 6 nitrogen and oxygen atoms in total. The van der Waals surface area contributed by atoms with Gasteiger partial charge in [-0.15, -0.1) is 0 Å². The summed E-state index contributed by atoms with van der Waals surface area (Å²) in [6, 6.07) is 8.44. The monoisotopic (exact) mass is 359 g/mol. The first-order valence-electron chi connectivity index (χ1n) is 8.77. The van der Waals surface area contributed by atoms with Crippen molar-refractivity contribution in [1.29, 1.82) is 0 Å². The summed E-state index contributed by atoms with van der Waals surface area (Å²) in [5, 5.41) is 4.09. The number of rotatable bonds is 4. The fourth-order valence-electron chi connectivity index (χ4n) is 4.08. The second-order valence-electron chi connectivity index (χ2n) is 7.03. The lowest BCUT2D eigenvalue weighted by atomic mass is 9.87. The second kappa shape index (κ2) is 6.81. The van der Waals surface area contributed by atoms with Crippen LogP contribution in [-0.4, -0.2) is 59.1 Å². The van der Waals surface area contributed by atoms with Crippen molar-refractivity contribution in [1.82, 2.24) is 14.7 Å². The zero-order valence-electron chi connectivity index (χ0n) is 14.7. The van der Waals surface area contributed by atoms with E-state index in [1.807, 2.05) is 6.07 Å². The Morgan fingerprint density at radius 2 is 2.35 bits per heavy atom. The van der Waals surface area contributed by atoms with Gasteiger partial charge in [0.15, 0.2) is 0 Å². The van der Waals surface area contributed by atoms with Crippen LogP contribution in [-0.2, 0) is 20.8 Å². The Morgan fingerprint density at radius 3 is 3.08 bits per heavy atom. The summed E-state index contributed by atoms with van der Waals surface area (Å²) in [7, 11) is 1.65. The fourth-order valence-corrected chi connectivity index (χ4v) is 4.08. The van der Waals surface area contributed by atoms with Crippen molar-refractivity contribution in [2.24, 2.45) is 0 Å². The lowest BCUT2D eigenvalue weighted by Gasteiger charge is -2.28. The van der Waals surface area contributed by atoms with Gasteiger partial charge in [-0.05, 0) is 30.2 Å². The van der Waals surface area contributed by atoms with E-state index in [9.17, 15) is 9.18 Å². The molecule has 0 aliphatic carbocycles. The van der Waals surface area contributed by atoms with Gasteiger partial charge in [0.25, 0.3) is 0 Å². The molecule has 2 aliphatic rings. The van der Waals surface area contributed by atoms with Gasteiger partial charge in [0.05, 0.1) is 13.2 Å². The maximum absolute atomic E-state index is 13.6. The topological polar surface area (TPSA) is 56.6 Å². The third-order valence-corrected chi connectivity index (χ3v) is 5.41. The largest absolute Gasteiger partial charge is 0.377 e. The summed E-state index contributed by atoms with van der Waals surface area (Å²) < 4.78 is 27.0. The molecule has 3 atom stereocenters. The van der Waals surface area contributed by atoms with Crippen LogP contribution in [0.25, 0.3) is 0 Å². The van der Waals surface area contributed by atoms with Crippen molar-refractivity contribution in [2.75, 3.05) is 26.8 Å². The van der Waals surface area contributed by atoms with E-state index in [0.717, 1.165) is 5.56 Å². The van der Waals surface area contributed by atoms with E-state index >= 15 is 0 Å². The number of ether oxygens (including phenoxy) is 2. The summed E-state index contributed by atoms with van der Waals surface area (Å²) in [5.41, 5.74) is 0.393. The van der Waals surface area contributed by atoms with Crippen LogP contribution in [0, 0.1) is 5.82 Å². The van der Waals surface area contributed by atoms with Gasteiger partial charge in [0, 0.05) is 32.0 Å². The molecule has 1 aromatic heterocycles. The van der Waals surface area contributed by atoms with E-state index in [-0.39, 0.29) is 30.3 Å². The van der Waals surface area contributed by atoms with E-state index in [1.165, 1.54) is 6.07 Å². The van der Waals surface area contributed by atoms with Gasteiger partial charge in [-0.2, -0.15) is 5.10 Å². The minimum absolute atomic E-state index is 0.00886. The molecule has 1 spiro atoms. The van der Waals surface area contributed by atoms with Crippen molar-refractivity contribution in [3.63, 3.8) is 0 Å². The average Bonchev–Trinajstić information content (AvgIpc) is 3.36. The number of amides is 1. The number of likely N-dealkylation sites (tertiary alicyclic amines) is 1. The Bertz CT molecular complexity index is 782. The van der Waals surface area contributed by atoms with Gasteiger partial charge in [-0.25, -0.2) is 4.39 Å². The van der Waals surface area contributed by atoms with Crippen molar-refractivity contribution < 1.29 is 18.7 Å². The minimum Gasteiger partial charge on any atom is -0.377 e. The van der Waals surface area contributed by atoms with Crippen LogP contribution < -0.4 is 0 Å². The molecule has 2 aliphatic heterocycles. The Kier molecular flexibility index (Phi) is 4.50. The summed E-state index contributed by atoms with van der Waals surface area (Å²) in [6.45, 7) is 1.68. The molecule has 2 fully saturated rings. The molecule has 0 radical (unpaired) electrons. The molecule has 1 amide bonds. The van der Waals surface area contributed by atoms with Crippen molar-refractivity contribution in [3.05, 3.63) is 54.1 Å². The lowest BCUT2D eigenvalue weighted by molar-refractivity contribution is -0.132. The molecular weight excluding hydrogens is 337 g/mol. The first-order chi connectivity index (χ1) is 12.6. The van der Waals surface area contributed by atoms with Crippen LogP contribution in [0.15, 0.2) is 42.7 Å². The average molecular weight is 359 g/mol. The Labute approximate surface area is 151 Å². The molecule has 7 heteroatoms. The molecule has 0 N–H and O–H groups in total. The molecule has 4 rings (SSSR count). The summed E-state index contributed by atoms with van der Waals surface area (Å²) in [6.07, 6.45) is 3.94. The number of halogens is 1. The van der Waals surface area contributed by atoms with Crippen LogP contribution in [0.4, 0.5) is 4.39 Å². The van der Waals surface area contributed by atoms with Gasteiger partial charge in [-0.3, -0.25) is 9.48 Å². The van der Waals surface area contributed by atoms with Gasteiger partial charge in [-0.1, -0.05) is 12.1 Å². The Hall–Kier alpha value is -2.25. The Morgan fingerprint density at radius 1 is 1.46 bits per heavy atom. The number of carbonyl (C=O) groups is 1. The zero-order chi connectivity index (χ0) is 18.1. The highest BCUT2D eigenvalue weighted by Crippen LogP contribution is 2.43. The zero-order valence-corrected chi connectivity index (χ0v) is 14.7. The number of aromatic nitrogens is 2.